The maximum atomic E-state index is 10.5. The van der Waals surface area contributed by atoms with Crippen molar-refractivity contribution in [3.63, 3.8) is 0 Å². The van der Waals surface area contributed by atoms with Crippen molar-refractivity contribution in [2.75, 3.05) is 6.61 Å². The van der Waals surface area contributed by atoms with Crippen LogP contribution >= 0.6 is 0 Å². The van der Waals surface area contributed by atoms with Crippen LogP contribution in [0.4, 0.5) is 0 Å². The van der Waals surface area contributed by atoms with Gasteiger partial charge in [-0.3, -0.25) is 4.79 Å². The lowest BCUT2D eigenvalue weighted by molar-refractivity contribution is -0.142. The van der Waals surface area contributed by atoms with E-state index in [-0.39, 0.29) is 12.1 Å². The van der Waals surface area contributed by atoms with Crippen molar-refractivity contribution in [2.24, 2.45) is 0 Å². The van der Waals surface area contributed by atoms with Crippen LogP contribution < -0.4 is 6.15 Å². The highest BCUT2D eigenvalue weighted by atomic mass is 16.5. The average molecular weight is 131 g/mol. The fourth-order valence-corrected chi connectivity index (χ4v) is 0.806. The highest BCUT2D eigenvalue weighted by molar-refractivity contribution is 5.69. The van der Waals surface area contributed by atoms with Crippen LogP contribution in [-0.4, -0.2) is 12.6 Å². The first-order valence-electron chi connectivity index (χ1n) is 3.05. The zero-order valence-corrected chi connectivity index (χ0v) is 5.56. The third kappa shape index (κ3) is 3.08. The van der Waals surface area contributed by atoms with Crippen LogP contribution in [0.2, 0.25) is 0 Å². The van der Waals surface area contributed by atoms with Crippen molar-refractivity contribution in [3.05, 3.63) is 0 Å². The Hall–Kier alpha value is -0.570. The second kappa shape index (κ2) is 4.32. The maximum Gasteiger partial charge on any atom is 0.305 e. The van der Waals surface area contributed by atoms with Gasteiger partial charge in [0.05, 0.1) is 6.61 Å². The monoisotopic (exact) mass is 131 g/mol. The number of ether oxygens (including phenoxy) is 1. The molecule has 3 N–H and O–H groups in total. The molecule has 1 aliphatic heterocycles. The molecular formula is C6H13NO2. The lowest BCUT2D eigenvalue weighted by atomic mass is 10.2. The Bertz CT molecular complexity index is 83.1. The van der Waals surface area contributed by atoms with Gasteiger partial charge < -0.3 is 10.9 Å². The van der Waals surface area contributed by atoms with Crippen LogP contribution in [0.5, 0.6) is 0 Å². The number of hydrogen-bond acceptors (Lipinski definition) is 3. The summed E-state index contributed by atoms with van der Waals surface area (Å²) in [6.07, 6.45) is 3.83. The molecule has 0 saturated carbocycles. The largest absolute Gasteiger partial charge is 0.466 e. The summed E-state index contributed by atoms with van der Waals surface area (Å²) in [5.74, 6) is -0.0255. The molecule has 1 fully saturated rings. The molecule has 1 aliphatic rings. The molecule has 0 spiro atoms. The molecule has 1 rings (SSSR count). The van der Waals surface area contributed by atoms with Crippen LogP contribution in [0.1, 0.15) is 25.7 Å². The number of rotatable bonds is 0. The van der Waals surface area contributed by atoms with E-state index in [1.165, 1.54) is 0 Å². The number of cyclic esters (lactones) is 1. The number of carbonyl (C=O) groups excluding carboxylic acids is 1. The number of esters is 1. The summed E-state index contributed by atoms with van der Waals surface area (Å²) in [5.41, 5.74) is 0. The van der Waals surface area contributed by atoms with E-state index in [4.69, 9.17) is 4.74 Å². The molecule has 3 nitrogen and oxygen atoms in total. The molecule has 0 bridgehead atoms. The summed E-state index contributed by atoms with van der Waals surface area (Å²) in [5, 5.41) is 0. The van der Waals surface area contributed by atoms with Crippen LogP contribution in [-0.2, 0) is 9.53 Å². The Labute approximate surface area is 55.0 Å². The normalized spacial score (nSPS) is 19.3. The quantitative estimate of drug-likeness (QED) is 0.503. The molecule has 1 saturated heterocycles. The van der Waals surface area contributed by atoms with Crippen LogP contribution in [0, 0.1) is 0 Å². The van der Waals surface area contributed by atoms with Gasteiger partial charge in [0.15, 0.2) is 0 Å². The first kappa shape index (κ1) is 8.43. The van der Waals surface area contributed by atoms with Crippen molar-refractivity contribution >= 4 is 5.97 Å². The summed E-state index contributed by atoms with van der Waals surface area (Å²) >= 11 is 0. The van der Waals surface area contributed by atoms with E-state index in [1.807, 2.05) is 0 Å². The maximum absolute atomic E-state index is 10.5. The van der Waals surface area contributed by atoms with Gasteiger partial charge in [0, 0.05) is 6.42 Å². The van der Waals surface area contributed by atoms with E-state index in [9.17, 15) is 4.79 Å². The fraction of sp³-hybridized carbons (Fsp3) is 0.833. The van der Waals surface area contributed by atoms with Gasteiger partial charge >= 0.3 is 5.97 Å². The number of carbonyl (C=O) groups is 1. The van der Waals surface area contributed by atoms with Crippen LogP contribution in [0.25, 0.3) is 0 Å². The van der Waals surface area contributed by atoms with Crippen molar-refractivity contribution in [1.29, 1.82) is 0 Å². The molecule has 0 amide bonds. The van der Waals surface area contributed by atoms with Crippen molar-refractivity contribution in [3.8, 4) is 0 Å². The Balaban J connectivity index is 0.000000640. The zero-order valence-electron chi connectivity index (χ0n) is 5.56. The summed E-state index contributed by atoms with van der Waals surface area (Å²) in [6, 6.07) is 0. The van der Waals surface area contributed by atoms with Crippen molar-refractivity contribution in [2.45, 2.75) is 25.7 Å². The standard InChI is InChI=1S/C6H10O2.H3N/c7-6-4-2-1-3-5-8-6;/h1-5H2;1H3. The van der Waals surface area contributed by atoms with Crippen molar-refractivity contribution in [1.82, 2.24) is 6.15 Å². The first-order valence-corrected chi connectivity index (χ1v) is 3.05. The molecule has 1 heterocycles. The van der Waals surface area contributed by atoms with Gasteiger partial charge in [0.25, 0.3) is 0 Å². The van der Waals surface area contributed by atoms with E-state index < -0.39 is 0 Å². The molecule has 0 radical (unpaired) electrons. The molecule has 0 aromatic heterocycles. The van der Waals surface area contributed by atoms with Gasteiger partial charge in [0.1, 0.15) is 0 Å². The van der Waals surface area contributed by atoms with Gasteiger partial charge in [-0.05, 0) is 19.3 Å². The van der Waals surface area contributed by atoms with Gasteiger partial charge in [-0.1, -0.05) is 0 Å². The van der Waals surface area contributed by atoms with E-state index >= 15 is 0 Å². The predicted octanol–water partition coefficient (Wildman–Crippen LogP) is 1.27. The van der Waals surface area contributed by atoms with Gasteiger partial charge in [0.2, 0.25) is 0 Å². The van der Waals surface area contributed by atoms with E-state index in [0.29, 0.717) is 13.0 Å². The Morgan fingerprint density at radius 1 is 1.22 bits per heavy atom. The average Bonchev–Trinajstić information content (AvgIpc) is 1.94. The minimum atomic E-state index is -0.0255. The van der Waals surface area contributed by atoms with Crippen LogP contribution in [0.3, 0.4) is 0 Å². The van der Waals surface area contributed by atoms with Gasteiger partial charge in [-0.15, -0.1) is 0 Å². The molecule has 0 atom stereocenters. The Morgan fingerprint density at radius 2 is 2.00 bits per heavy atom. The lowest BCUT2D eigenvalue weighted by Crippen LogP contribution is -2.00. The minimum Gasteiger partial charge on any atom is -0.466 e. The molecule has 0 aliphatic carbocycles. The summed E-state index contributed by atoms with van der Waals surface area (Å²) in [4.78, 5) is 10.5. The molecule has 54 valence electrons. The third-order valence-corrected chi connectivity index (χ3v) is 1.29. The van der Waals surface area contributed by atoms with Crippen LogP contribution in [0.15, 0.2) is 0 Å². The zero-order chi connectivity index (χ0) is 5.82. The molecule has 0 aromatic rings. The number of hydrogen-bond donors (Lipinski definition) is 1. The first-order chi connectivity index (χ1) is 3.89. The topological polar surface area (TPSA) is 61.3 Å². The summed E-state index contributed by atoms with van der Waals surface area (Å²) < 4.78 is 4.76. The second-order valence-corrected chi connectivity index (χ2v) is 2.03. The minimum absolute atomic E-state index is 0. The Morgan fingerprint density at radius 3 is 2.78 bits per heavy atom. The molecular weight excluding hydrogens is 118 g/mol. The van der Waals surface area contributed by atoms with Gasteiger partial charge in [-0.2, -0.15) is 0 Å². The SMILES string of the molecule is N.O=C1CCCCCO1. The highest BCUT2D eigenvalue weighted by Crippen LogP contribution is 2.06. The Kier molecular flexibility index (Phi) is 4.05. The fourth-order valence-electron chi connectivity index (χ4n) is 0.806. The second-order valence-electron chi connectivity index (χ2n) is 2.03. The van der Waals surface area contributed by atoms with E-state index in [0.717, 1.165) is 19.3 Å². The lowest BCUT2D eigenvalue weighted by Gasteiger charge is -1.93. The molecule has 0 unspecified atom stereocenters. The highest BCUT2D eigenvalue weighted by Gasteiger charge is 2.05. The van der Waals surface area contributed by atoms with Gasteiger partial charge in [-0.25, -0.2) is 0 Å². The summed E-state index contributed by atoms with van der Waals surface area (Å²) in [6.45, 7) is 0.638. The molecule has 9 heavy (non-hydrogen) atoms. The smallest absolute Gasteiger partial charge is 0.305 e. The predicted molar refractivity (Wildman–Crippen MR) is 34.4 cm³/mol. The molecule has 3 heteroatoms. The van der Waals surface area contributed by atoms with E-state index in [1.54, 1.807) is 0 Å². The van der Waals surface area contributed by atoms with Crippen molar-refractivity contribution < 1.29 is 9.53 Å². The van der Waals surface area contributed by atoms with E-state index in [2.05, 4.69) is 0 Å². The third-order valence-electron chi connectivity index (χ3n) is 1.29. The molecule has 0 aromatic carbocycles. The summed E-state index contributed by atoms with van der Waals surface area (Å²) in [7, 11) is 0.